The summed E-state index contributed by atoms with van der Waals surface area (Å²) in [7, 11) is -11.1. The molecule has 21 heteroatoms. The second kappa shape index (κ2) is 11.2. The number of hydrogen-bond donors (Lipinski definition) is 9. The molecule has 2 saturated heterocycles. The fraction of sp³-hybridized carbons (Fsp3) is 0.733. The minimum atomic E-state index is -5.59. The second-order valence-electron chi connectivity index (χ2n) is 7.68. The van der Waals surface area contributed by atoms with E-state index in [1.807, 2.05) is 4.98 Å². The first-order valence-corrected chi connectivity index (χ1v) is 13.0. The van der Waals surface area contributed by atoms with E-state index < -0.39 is 95.4 Å². The molecule has 5 unspecified atom stereocenters. The van der Waals surface area contributed by atoms with E-state index in [9.17, 15) is 54.0 Å². The van der Waals surface area contributed by atoms with Crippen LogP contribution in [0, 0.1) is 0 Å². The Morgan fingerprint density at radius 1 is 0.917 bits per heavy atom. The topological polar surface area (TPSA) is 297 Å². The van der Waals surface area contributed by atoms with Gasteiger partial charge in [-0.1, -0.05) is 0 Å². The molecule has 0 radical (unpaired) electrons. The van der Waals surface area contributed by atoms with Crippen molar-refractivity contribution in [2.45, 2.75) is 55.2 Å². The molecule has 0 saturated carbocycles. The smallest absolute Gasteiger partial charge is 0.394 e. The number of phosphoric ester groups is 2. The van der Waals surface area contributed by atoms with Crippen molar-refractivity contribution in [3.8, 4) is 0 Å². The zero-order valence-electron chi connectivity index (χ0n) is 17.9. The molecular weight excluding hydrogens is 542 g/mol. The Bertz CT molecular complexity index is 1120. The fourth-order valence-electron chi connectivity index (χ4n) is 3.35. The van der Waals surface area contributed by atoms with Crippen LogP contribution in [0.2, 0.25) is 0 Å². The summed E-state index contributed by atoms with van der Waals surface area (Å²) in [5.74, 6) is 0. The minimum absolute atomic E-state index is 0.723. The molecule has 2 aliphatic heterocycles. The van der Waals surface area contributed by atoms with Crippen LogP contribution in [0.1, 0.15) is 6.23 Å². The van der Waals surface area contributed by atoms with Crippen molar-refractivity contribution in [1.82, 2.24) is 9.55 Å². The number of aromatic amines is 1. The van der Waals surface area contributed by atoms with Gasteiger partial charge >= 0.3 is 21.3 Å². The third kappa shape index (κ3) is 6.54. The lowest BCUT2D eigenvalue weighted by atomic mass is 10.00. The first-order valence-electron chi connectivity index (χ1n) is 9.99. The molecule has 1 aromatic rings. The summed E-state index contributed by atoms with van der Waals surface area (Å²) in [5, 5.41) is 58.6. The zero-order valence-corrected chi connectivity index (χ0v) is 19.6. The van der Waals surface area contributed by atoms with E-state index in [1.54, 1.807) is 0 Å². The van der Waals surface area contributed by atoms with Crippen molar-refractivity contribution in [2.24, 2.45) is 0 Å². The molecule has 0 amide bonds. The molecule has 3 heterocycles. The SMILES string of the molecule is O=c1ccn([C@@H]2O[C@H](COP(=O)(O)OP(=O)(O)O[C@H]3OC(CO)[C@H](O)[C@H](O)C3O)C(O)[C@@H]2O)c(=O)[nH]1. The van der Waals surface area contributed by atoms with E-state index in [-0.39, 0.29) is 0 Å². The van der Waals surface area contributed by atoms with Gasteiger partial charge in [0.15, 0.2) is 12.5 Å². The maximum atomic E-state index is 12.2. The molecule has 1 aromatic heterocycles. The quantitative estimate of drug-likeness (QED) is 0.127. The van der Waals surface area contributed by atoms with E-state index >= 15 is 0 Å². The molecule has 0 spiro atoms. The first kappa shape index (κ1) is 29.2. The van der Waals surface area contributed by atoms with Crippen LogP contribution in [0.3, 0.4) is 0 Å². The minimum Gasteiger partial charge on any atom is -0.394 e. The molecule has 9 N–H and O–H groups in total. The monoisotopic (exact) mass is 566 g/mol. The van der Waals surface area contributed by atoms with Crippen LogP contribution < -0.4 is 11.2 Å². The number of H-pyrrole nitrogens is 1. The van der Waals surface area contributed by atoms with Gasteiger partial charge in [-0.15, -0.1) is 0 Å². The van der Waals surface area contributed by atoms with E-state index in [0.717, 1.165) is 16.8 Å². The average molecular weight is 566 g/mol. The second-order valence-corrected chi connectivity index (χ2v) is 10.7. The van der Waals surface area contributed by atoms with Gasteiger partial charge in [-0.05, 0) is 0 Å². The Balaban J connectivity index is 1.61. The summed E-state index contributed by atoms with van der Waals surface area (Å²) < 4.78 is 48.1. The number of nitrogens with one attached hydrogen (secondary N) is 1. The van der Waals surface area contributed by atoms with Crippen molar-refractivity contribution < 1.29 is 72.4 Å². The zero-order chi connectivity index (χ0) is 27.0. The van der Waals surface area contributed by atoms with Crippen molar-refractivity contribution in [2.75, 3.05) is 13.2 Å². The number of phosphoric acid groups is 2. The molecule has 0 aliphatic carbocycles. The van der Waals surface area contributed by atoms with Crippen LogP contribution in [0.5, 0.6) is 0 Å². The first-order chi connectivity index (χ1) is 16.7. The highest BCUT2D eigenvalue weighted by molar-refractivity contribution is 7.61. The van der Waals surface area contributed by atoms with Crippen LogP contribution in [-0.4, -0.2) is 112 Å². The summed E-state index contributed by atoms with van der Waals surface area (Å²) in [6.45, 7) is -1.93. The number of aliphatic hydroxyl groups excluding tert-OH is 6. The van der Waals surface area contributed by atoms with E-state index in [1.165, 1.54) is 0 Å². The maximum absolute atomic E-state index is 12.2. The number of ether oxygens (including phenoxy) is 2. The van der Waals surface area contributed by atoms with Gasteiger partial charge in [-0.25, -0.2) is 13.9 Å². The number of aliphatic hydroxyl groups is 6. The Morgan fingerprint density at radius 3 is 2.17 bits per heavy atom. The van der Waals surface area contributed by atoms with Crippen LogP contribution in [-0.2, 0) is 32.0 Å². The van der Waals surface area contributed by atoms with Gasteiger partial charge in [0.25, 0.3) is 5.56 Å². The summed E-state index contributed by atoms with van der Waals surface area (Å²) in [4.78, 5) is 44.5. The molecular formula is C15H24N2O17P2. The van der Waals surface area contributed by atoms with Gasteiger partial charge in [-0.2, -0.15) is 4.31 Å². The lowest BCUT2D eigenvalue weighted by Gasteiger charge is -2.39. The predicted molar refractivity (Wildman–Crippen MR) is 109 cm³/mol. The molecule has 2 fully saturated rings. The summed E-state index contributed by atoms with van der Waals surface area (Å²) >= 11 is 0. The normalized spacial score (nSPS) is 38.4. The molecule has 0 aromatic carbocycles. The molecule has 0 bridgehead atoms. The standard InChI is InChI=1S/C15H24N2O17P2/c18-3-5-8(20)10(22)12(24)14(32-5)33-36(28,29)34-35(26,27)30-4-6-9(21)11(23)13(31-6)17-2-1-7(19)16-15(17)25/h1-2,5-6,8-14,18,20-24H,3-4H2,(H,26,27)(H,28,29)(H,16,19,25)/t5?,6-,8+,9?,10+,11+,12?,13-,14-/m1/s1. The van der Waals surface area contributed by atoms with E-state index in [2.05, 4.69) is 13.4 Å². The molecule has 3 rings (SSSR count). The van der Waals surface area contributed by atoms with E-state index in [0.29, 0.717) is 0 Å². The van der Waals surface area contributed by atoms with Gasteiger partial charge in [0.1, 0.15) is 42.7 Å². The van der Waals surface area contributed by atoms with Gasteiger partial charge in [0, 0.05) is 12.3 Å². The van der Waals surface area contributed by atoms with Gasteiger partial charge in [0.05, 0.1) is 13.2 Å². The number of rotatable bonds is 9. The Morgan fingerprint density at radius 2 is 1.56 bits per heavy atom. The third-order valence-electron chi connectivity index (χ3n) is 5.16. The molecule has 11 atom stereocenters. The van der Waals surface area contributed by atoms with Crippen molar-refractivity contribution in [1.29, 1.82) is 0 Å². The number of aromatic nitrogens is 2. The van der Waals surface area contributed by atoms with Crippen molar-refractivity contribution in [3.05, 3.63) is 33.1 Å². The van der Waals surface area contributed by atoms with E-state index in [4.69, 9.17) is 14.6 Å². The predicted octanol–water partition coefficient (Wildman–Crippen LogP) is -4.79. The Hall–Kier alpha value is -1.38. The Labute approximate surface area is 199 Å². The highest BCUT2D eigenvalue weighted by Gasteiger charge is 2.49. The Kier molecular flexibility index (Phi) is 9.05. The largest absolute Gasteiger partial charge is 0.483 e. The molecule has 2 aliphatic rings. The summed E-state index contributed by atoms with van der Waals surface area (Å²) in [6, 6.07) is 0.928. The number of nitrogens with zero attached hydrogens (tertiary/aromatic N) is 1. The van der Waals surface area contributed by atoms with Crippen LogP contribution in [0.25, 0.3) is 0 Å². The summed E-state index contributed by atoms with van der Waals surface area (Å²) in [6.07, 6.45) is -15.4. The van der Waals surface area contributed by atoms with Crippen LogP contribution in [0.4, 0.5) is 0 Å². The summed E-state index contributed by atoms with van der Waals surface area (Å²) in [5.41, 5.74) is -1.75. The van der Waals surface area contributed by atoms with Gasteiger partial charge in [0.2, 0.25) is 0 Å². The highest BCUT2D eigenvalue weighted by Crippen LogP contribution is 2.61. The average Bonchev–Trinajstić information content (AvgIpc) is 3.06. The van der Waals surface area contributed by atoms with Crippen LogP contribution in [0.15, 0.2) is 21.9 Å². The fourth-order valence-corrected chi connectivity index (χ4v) is 5.51. The lowest BCUT2D eigenvalue weighted by Crippen LogP contribution is -2.58. The number of hydrogen-bond acceptors (Lipinski definition) is 15. The van der Waals surface area contributed by atoms with Gasteiger partial charge in [-0.3, -0.25) is 23.4 Å². The lowest BCUT2D eigenvalue weighted by molar-refractivity contribution is -0.280. The van der Waals surface area contributed by atoms with Gasteiger partial charge < -0.3 is 49.9 Å². The maximum Gasteiger partial charge on any atom is 0.483 e. The van der Waals surface area contributed by atoms with Crippen molar-refractivity contribution in [3.63, 3.8) is 0 Å². The highest BCUT2D eigenvalue weighted by atomic mass is 31.3. The molecule has 36 heavy (non-hydrogen) atoms. The van der Waals surface area contributed by atoms with Crippen LogP contribution >= 0.6 is 15.6 Å². The molecule has 19 nitrogen and oxygen atoms in total. The third-order valence-corrected chi connectivity index (χ3v) is 7.76. The van der Waals surface area contributed by atoms with Crippen molar-refractivity contribution >= 4 is 15.6 Å². The molecule has 206 valence electrons.